The second kappa shape index (κ2) is 39.6. The minimum Gasteiger partial charge on any atom is -0.351 e. The minimum absolute atomic E-state index is 0.0521. The summed E-state index contributed by atoms with van der Waals surface area (Å²) >= 11 is 8.43. The first-order valence-electron chi connectivity index (χ1n) is 34.5. The van der Waals surface area contributed by atoms with Crippen molar-refractivity contribution in [2.24, 2.45) is 22.9 Å². The van der Waals surface area contributed by atoms with Crippen LogP contribution in [-0.2, 0) is 45.0 Å². The van der Waals surface area contributed by atoms with E-state index in [2.05, 4.69) is 240 Å². The lowest BCUT2D eigenvalue weighted by molar-refractivity contribution is -0.316. The third kappa shape index (κ3) is 21.0. The summed E-state index contributed by atoms with van der Waals surface area (Å²) in [7, 11) is 0. The van der Waals surface area contributed by atoms with Gasteiger partial charge in [-0.05, 0) is 141 Å². The first-order chi connectivity index (χ1) is 46.6. The molecule has 16 nitrogen and oxygen atoms in total. The van der Waals surface area contributed by atoms with Gasteiger partial charge < -0.3 is 22.9 Å². The average Bonchev–Trinajstić information content (AvgIpc) is 0.706. The summed E-state index contributed by atoms with van der Waals surface area (Å²) in [6.45, 7) is 11.5. The number of primary amides is 4. The third-order valence-electron chi connectivity index (χ3n) is 17.1. The molecule has 0 fully saturated rings. The molecule has 0 aliphatic carbocycles. The predicted octanol–water partition coefficient (Wildman–Crippen LogP) is 20.4. The molecule has 18 heteroatoms. The number of para-hydroxylation sites is 2. The molecule has 0 saturated heterocycles. The summed E-state index contributed by atoms with van der Waals surface area (Å²) in [6.07, 6.45) is 24.0. The first-order valence-corrected chi connectivity index (χ1v) is 36.1. The van der Waals surface area contributed by atoms with Gasteiger partial charge >= 0.3 is 24.1 Å². The first kappa shape index (κ1) is 75.9. The molecule has 8 amide bonds. The SMILES string of the molecule is CCCCCCO[N+](OCCCCCC)(c1ccccc1)c1ccc(CCCc2c(CCCc3ccc([N+](OCCCCCC)(OCCCCCC)c4ccccc4)cc3)c3cccc4c5c(Br)ccc6cccc(c(c2Br)c34)c65)cc1.NC(=O)NC(N)=O.NC(=O)NC(N)=O. The average molecular weight is 1440 g/mol. The van der Waals surface area contributed by atoms with E-state index in [1.165, 1.54) is 121 Å². The predicted molar refractivity (Wildman–Crippen MR) is 401 cm³/mol. The number of rotatable bonds is 36. The molecule has 0 aliphatic rings. The number of carbonyl (C=O) groups excluding carboxylic acids is 4. The smallest absolute Gasteiger partial charge is 0.320 e. The molecule has 96 heavy (non-hydrogen) atoms. The van der Waals surface area contributed by atoms with Crippen LogP contribution in [0, 0.1) is 0 Å². The van der Waals surface area contributed by atoms with E-state index in [1.54, 1.807) is 10.6 Å². The highest BCUT2D eigenvalue weighted by molar-refractivity contribution is 9.11. The summed E-state index contributed by atoms with van der Waals surface area (Å²) in [5.74, 6) is 0. The van der Waals surface area contributed by atoms with E-state index in [9.17, 15) is 19.2 Å². The van der Waals surface area contributed by atoms with E-state index < -0.39 is 24.1 Å². The quantitative estimate of drug-likeness (QED) is 0.00725. The number of urea groups is 4. The van der Waals surface area contributed by atoms with Crippen LogP contribution in [0.5, 0.6) is 0 Å². The fourth-order valence-electron chi connectivity index (χ4n) is 12.5. The van der Waals surface area contributed by atoms with E-state index in [-0.39, 0.29) is 9.62 Å². The molecule has 0 saturated carbocycles. The molecule has 0 spiro atoms. The lowest BCUT2D eigenvalue weighted by atomic mass is 9.84. The molecular weight excluding hydrogens is 1340 g/mol. The molecule has 512 valence electrons. The topological polar surface area (TPSA) is 233 Å². The van der Waals surface area contributed by atoms with Gasteiger partial charge in [0.15, 0.2) is 0 Å². The Balaban J connectivity index is 0.000000837. The van der Waals surface area contributed by atoms with Gasteiger partial charge in [-0.25, -0.2) is 19.2 Å². The van der Waals surface area contributed by atoms with Crippen molar-refractivity contribution < 1.29 is 38.5 Å². The number of halogens is 2. The Labute approximate surface area is 584 Å². The van der Waals surface area contributed by atoms with E-state index in [1.807, 2.05) is 0 Å². The van der Waals surface area contributed by atoms with Crippen LogP contribution in [0.15, 0.2) is 167 Å². The van der Waals surface area contributed by atoms with E-state index in [0.717, 1.165) is 117 Å². The lowest BCUT2D eigenvalue weighted by Gasteiger charge is -2.31. The number of hydrogen-bond donors (Lipinski definition) is 6. The van der Waals surface area contributed by atoms with E-state index in [4.69, 9.17) is 19.4 Å². The number of hydrogen-bond acceptors (Lipinski definition) is 8. The molecule has 0 heterocycles. The molecule has 10 N–H and O–H groups in total. The van der Waals surface area contributed by atoms with Gasteiger partial charge in [0.2, 0.25) is 22.7 Å². The van der Waals surface area contributed by atoms with Crippen LogP contribution in [0.25, 0.3) is 43.1 Å². The molecular formula is C78H100Br2N8O8+2. The number of carbonyl (C=O) groups is 4. The van der Waals surface area contributed by atoms with Crippen LogP contribution < -0.4 is 43.2 Å². The van der Waals surface area contributed by atoms with Crippen molar-refractivity contribution in [3.8, 4) is 0 Å². The van der Waals surface area contributed by atoms with Gasteiger partial charge in [-0.1, -0.05) is 224 Å². The standard InChI is InChI=1S/C74H90Br2N2O4.2C2H5N3O2/c1-5-9-13-23-53-79-77(60-34-19-17-20-35-60,80-54-24-14-10-6-2)62-48-43-57(44-49-62)31-27-38-64-65-39-30-42-68-71(65)73(67-41-29-33-59-47-52-69(75)72(68)70(59)67)74(76)66(64)40-28-32-58-45-50-63(51-46-58)78(61-36-21-18-22-37-61,81-55-25-15-11-7-3)82-56-26-16-12-8-4;2*3-1(6)5-2(4)7/h17-22,29-30,33-37,39,41-52H,5-16,23-28,31-32,38,40,53-56H2,1-4H3;2*(H5,3,4,5,6,7)/q+2;;. The second-order valence-corrected chi connectivity index (χ2v) is 25.9. The van der Waals surface area contributed by atoms with Crippen LogP contribution in [0.3, 0.4) is 0 Å². The normalized spacial score (nSPS) is 11.6. The molecule has 0 radical (unpaired) electrons. The number of nitrogens with zero attached hydrogens (tertiary/aromatic N) is 2. The number of unbranched alkanes of at least 4 members (excludes halogenated alkanes) is 12. The molecule has 9 rings (SSSR count). The zero-order valence-electron chi connectivity index (χ0n) is 56.6. The van der Waals surface area contributed by atoms with Crippen molar-refractivity contribution in [3.05, 3.63) is 189 Å². The molecule has 9 aromatic rings. The van der Waals surface area contributed by atoms with Gasteiger partial charge in [-0.3, -0.25) is 10.6 Å². The Kier molecular flexibility index (Phi) is 31.3. The molecule has 9 aromatic carbocycles. The van der Waals surface area contributed by atoms with Gasteiger partial charge in [-0.15, -0.1) is 0 Å². The molecule has 0 bridgehead atoms. The highest BCUT2D eigenvalue weighted by Gasteiger charge is 2.41. The van der Waals surface area contributed by atoms with Crippen LogP contribution in [0.2, 0.25) is 0 Å². The summed E-state index contributed by atoms with van der Waals surface area (Å²) in [5.41, 5.74) is 27.3. The molecule has 0 atom stereocenters. The van der Waals surface area contributed by atoms with Gasteiger partial charge in [0.25, 0.3) is 0 Å². The van der Waals surface area contributed by atoms with Crippen LogP contribution in [-0.4, -0.2) is 50.6 Å². The third-order valence-corrected chi connectivity index (χ3v) is 18.7. The second-order valence-electron chi connectivity index (χ2n) is 24.3. The Hall–Kier alpha value is -7.52. The minimum atomic E-state index is -0.938. The summed E-state index contributed by atoms with van der Waals surface area (Å²) in [4.78, 5) is 66.0. The number of nitrogens with one attached hydrogen (secondary N) is 2. The zero-order chi connectivity index (χ0) is 68.7. The monoisotopic (exact) mass is 1430 g/mol. The van der Waals surface area contributed by atoms with Crippen molar-refractivity contribution >= 4 is 122 Å². The highest BCUT2D eigenvalue weighted by Crippen LogP contribution is 2.49. The van der Waals surface area contributed by atoms with Crippen LogP contribution in [0.4, 0.5) is 41.9 Å². The van der Waals surface area contributed by atoms with Gasteiger partial charge in [0.05, 0.1) is 0 Å². The largest absolute Gasteiger partial charge is 0.351 e. The lowest BCUT2D eigenvalue weighted by Crippen LogP contribution is -2.44. The highest BCUT2D eigenvalue weighted by atomic mass is 79.9. The maximum atomic E-state index is 9.62. The zero-order valence-corrected chi connectivity index (χ0v) is 59.8. The molecule has 0 unspecified atom stereocenters. The van der Waals surface area contributed by atoms with Gasteiger partial charge in [-0.2, -0.15) is 19.4 Å². The maximum Gasteiger partial charge on any atom is 0.320 e. The summed E-state index contributed by atoms with van der Waals surface area (Å²) in [6, 6.07) is 53.9. The van der Waals surface area contributed by atoms with Crippen molar-refractivity contribution in [2.45, 2.75) is 169 Å². The Morgan fingerprint density at radius 3 is 1.09 bits per heavy atom. The Morgan fingerprint density at radius 2 is 0.708 bits per heavy atom. The number of fused-ring (bicyclic) bond motifs is 2. The molecule has 0 aromatic heterocycles. The Morgan fingerprint density at radius 1 is 0.344 bits per heavy atom. The van der Waals surface area contributed by atoms with Gasteiger partial charge in [0.1, 0.15) is 26.4 Å². The number of nitrogens with two attached hydrogens (primary N) is 4. The number of aryl methyl sites for hydroxylation is 3. The summed E-state index contributed by atoms with van der Waals surface area (Å²) in [5, 5.41) is 13.7. The van der Waals surface area contributed by atoms with Crippen molar-refractivity contribution in [1.29, 1.82) is 0 Å². The van der Waals surface area contributed by atoms with E-state index in [0.29, 0.717) is 26.4 Å². The van der Waals surface area contributed by atoms with E-state index >= 15 is 0 Å². The van der Waals surface area contributed by atoms with Crippen molar-refractivity contribution in [2.75, 3.05) is 26.4 Å². The fourth-order valence-corrected chi connectivity index (χ4v) is 13.9. The Bertz CT molecular complexity index is 3780. The summed E-state index contributed by atoms with van der Waals surface area (Å²) < 4.78 is 2.37. The number of quaternary nitrogens is 2. The van der Waals surface area contributed by atoms with Crippen molar-refractivity contribution in [3.63, 3.8) is 0 Å². The van der Waals surface area contributed by atoms with Crippen LogP contribution >= 0.6 is 31.9 Å². The van der Waals surface area contributed by atoms with Crippen LogP contribution in [0.1, 0.15) is 166 Å². The number of amides is 8. The molecule has 0 aliphatic heterocycles. The van der Waals surface area contributed by atoms with Gasteiger partial charge in [0, 0.05) is 77.9 Å². The fraction of sp³-hybridized carbons (Fsp3) is 0.385. The van der Waals surface area contributed by atoms with Crippen molar-refractivity contribution in [1.82, 2.24) is 20.3 Å². The maximum absolute atomic E-state index is 9.62. The number of benzene rings is 9. The number of imide groups is 2.